The topological polar surface area (TPSA) is 35.2 Å². The number of hydrogen-bond acceptors (Lipinski definition) is 2. The summed E-state index contributed by atoms with van der Waals surface area (Å²) in [5.41, 5.74) is 4.38. The monoisotopic (exact) mass is 277 g/mol. The Hall–Kier alpha value is -1.08. The number of halogens is 6. The Morgan fingerprint density at radius 1 is 1.12 bits per heavy atom. The van der Waals surface area contributed by atoms with Gasteiger partial charge < -0.3 is 10.5 Å². The minimum atomic E-state index is -4.71. The maximum atomic E-state index is 12.3. The standard InChI is InChI=1S/C9H8F5NO.ClH/c10-8(11)16-6-4-2-1-3-5(6)7(15)9(12,13)14;/h1-4,7-8H,15H2;1H/t7-;/m1./s1. The molecule has 0 unspecified atom stereocenters. The van der Waals surface area contributed by atoms with E-state index in [1.807, 2.05) is 0 Å². The Bertz CT molecular complexity index is 357. The maximum absolute atomic E-state index is 12.3. The number of nitrogens with two attached hydrogens (primary N) is 1. The van der Waals surface area contributed by atoms with E-state index in [1.165, 1.54) is 12.1 Å². The molecule has 0 aliphatic heterocycles. The van der Waals surface area contributed by atoms with E-state index >= 15 is 0 Å². The van der Waals surface area contributed by atoms with Crippen LogP contribution in [0.15, 0.2) is 24.3 Å². The Kier molecular flexibility index (Phi) is 5.63. The van der Waals surface area contributed by atoms with E-state index in [9.17, 15) is 22.0 Å². The molecule has 0 aromatic heterocycles. The molecule has 2 N–H and O–H groups in total. The molecule has 0 bridgehead atoms. The van der Waals surface area contributed by atoms with Gasteiger partial charge in [-0.15, -0.1) is 12.4 Å². The van der Waals surface area contributed by atoms with Crippen LogP contribution in [0.4, 0.5) is 22.0 Å². The molecule has 0 heterocycles. The van der Waals surface area contributed by atoms with Crippen LogP contribution in [0.1, 0.15) is 11.6 Å². The highest BCUT2D eigenvalue weighted by molar-refractivity contribution is 5.85. The number of ether oxygens (including phenoxy) is 1. The van der Waals surface area contributed by atoms with Crippen molar-refractivity contribution in [2.75, 3.05) is 0 Å². The van der Waals surface area contributed by atoms with Crippen molar-refractivity contribution in [3.05, 3.63) is 29.8 Å². The van der Waals surface area contributed by atoms with Crippen LogP contribution in [0, 0.1) is 0 Å². The second kappa shape index (κ2) is 6.02. The van der Waals surface area contributed by atoms with Crippen molar-refractivity contribution in [2.45, 2.75) is 18.8 Å². The highest BCUT2D eigenvalue weighted by Gasteiger charge is 2.39. The van der Waals surface area contributed by atoms with Gasteiger partial charge in [0.1, 0.15) is 11.8 Å². The van der Waals surface area contributed by atoms with Crippen molar-refractivity contribution in [1.29, 1.82) is 0 Å². The summed E-state index contributed by atoms with van der Waals surface area (Å²) in [6.07, 6.45) is -4.71. The highest BCUT2D eigenvalue weighted by Crippen LogP contribution is 2.35. The lowest BCUT2D eigenvalue weighted by Crippen LogP contribution is -2.29. The summed E-state index contributed by atoms with van der Waals surface area (Å²) in [5.74, 6) is -0.567. The molecule has 0 spiro atoms. The van der Waals surface area contributed by atoms with E-state index < -0.39 is 30.1 Å². The van der Waals surface area contributed by atoms with Crippen LogP contribution in [0.25, 0.3) is 0 Å². The molecule has 1 atom stereocenters. The van der Waals surface area contributed by atoms with Gasteiger partial charge in [0.05, 0.1) is 0 Å². The summed E-state index contributed by atoms with van der Waals surface area (Å²) in [6.45, 7) is -3.19. The summed E-state index contributed by atoms with van der Waals surface area (Å²) < 4.78 is 64.6. The Balaban J connectivity index is 0.00000256. The van der Waals surface area contributed by atoms with Gasteiger partial charge in [-0.3, -0.25) is 0 Å². The number of rotatable bonds is 3. The van der Waals surface area contributed by atoms with Gasteiger partial charge in [0.15, 0.2) is 0 Å². The zero-order valence-corrected chi connectivity index (χ0v) is 9.06. The normalized spacial score (nSPS) is 13.1. The van der Waals surface area contributed by atoms with Crippen LogP contribution in [0.3, 0.4) is 0 Å². The third-order valence-electron chi connectivity index (χ3n) is 1.82. The van der Waals surface area contributed by atoms with Crippen molar-refractivity contribution < 1.29 is 26.7 Å². The van der Waals surface area contributed by atoms with Crippen molar-refractivity contribution in [3.63, 3.8) is 0 Å². The van der Waals surface area contributed by atoms with E-state index in [4.69, 9.17) is 5.73 Å². The van der Waals surface area contributed by atoms with E-state index in [-0.39, 0.29) is 12.4 Å². The third kappa shape index (κ3) is 4.35. The van der Waals surface area contributed by atoms with Crippen molar-refractivity contribution in [2.24, 2.45) is 5.73 Å². The fourth-order valence-electron chi connectivity index (χ4n) is 1.12. The quantitative estimate of drug-likeness (QED) is 0.861. The fourth-order valence-corrected chi connectivity index (χ4v) is 1.12. The lowest BCUT2D eigenvalue weighted by atomic mass is 10.1. The average molecular weight is 278 g/mol. The largest absolute Gasteiger partial charge is 0.434 e. The molecule has 1 aromatic carbocycles. The predicted molar refractivity (Wildman–Crippen MR) is 53.3 cm³/mol. The van der Waals surface area contributed by atoms with Crippen LogP contribution in [-0.2, 0) is 0 Å². The number of benzene rings is 1. The first-order valence-corrected chi connectivity index (χ1v) is 4.18. The Morgan fingerprint density at radius 3 is 2.12 bits per heavy atom. The van der Waals surface area contributed by atoms with Gasteiger partial charge in [0.2, 0.25) is 0 Å². The second-order valence-corrected chi connectivity index (χ2v) is 2.94. The SMILES string of the molecule is Cl.N[C@H](c1ccccc1OC(F)F)C(F)(F)F. The van der Waals surface area contributed by atoms with Gasteiger partial charge >= 0.3 is 12.8 Å². The van der Waals surface area contributed by atoms with E-state index in [0.717, 1.165) is 12.1 Å². The zero-order chi connectivity index (χ0) is 12.3. The molecule has 0 radical (unpaired) electrons. The number of para-hydroxylation sites is 1. The van der Waals surface area contributed by atoms with Gasteiger partial charge in [-0.25, -0.2) is 0 Å². The summed E-state index contributed by atoms with van der Waals surface area (Å²) in [4.78, 5) is 0. The molecule has 2 nitrogen and oxygen atoms in total. The van der Waals surface area contributed by atoms with Crippen LogP contribution in [-0.4, -0.2) is 12.8 Å². The summed E-state index contributed by atoms with van der Waals surface area (Å²) in [7, 11) is 0. The summed E-state index contributed by atoms with van der Waals surface area (Å²) in [6, 6.07) is 2.20. The molecule has 8 heteroatoms. The minimum Gasteiger partial charge on any atom is -0.434 e. The average Bonchev–Trinajstić information content (AvgIpc) is 2.15. The van der Waals surface area contributed by atoms with Gasteiger partial charge in [0, 0.05) is 5.56 Å². The molecule has 0 saturated heterocycles. The molecule has 17 heavy (non-hydrogen) atoms. The second-order valence-electron chi connectivity index (χ2n) is 2.94. The van der Waals surface area contributed by atoms with E-state index in [1.54, 1.807) is 0 Å². The molecule has 0 amide bonds. The number of hydrogen-bond donors (Lipinski definition) is 1. The lowest BCUT2D eigenvalue weighted by molar-refractivity contribution is -0.150. The Morgan fingerprint density at radius 2 is 1.65 bits per heavy atom. The Labute approximate surface area is 100.0 Å². The first-order chi connectivity index (χ1) is 7.32. The van der Waals surface area contributed by atoms with Crippen LogP contribution in [0.5, 0.6) is 5.75 Å². The smallest absolute Gasteiger partial charge is 0.407 e. The molecule has 0 aliphatic rings. The zero-order valence-electron chi connectivity index (χ0n) is 8.25. The molecule has 0 aliphatic carbocycles. The van der Waals surface area contributed by atoms with Crippen LogP contribution < -0.4 is 10.5 Å². The predicted octanol–water partition coefficient (Wildman–Crippen LogP) is 3.27. The van der Waals surface area contributed by atoms with Gasteiger partial charge in [0.25, 0.3) is 0 Å². The van der Waals surface area contributed by atoms with E-state index in [2.05, 4.69) is 4.74 Å². The summed E-state index contributed by atoms with van der Waals surface area (Å²) in [5, 5.41) is 0. The molecular weight excluding hydrogens is 269 g/mol. The molecular formula is C9H9ClF5NO. The molecule has 0 saturated carbocycles. The molecule has 1 rings (SSSR count). The van der Waals surface area contributed by atoms with Crippen molar-refractivity contribution >= 4 is 12.4 Å². The first kappa shape index (κ1) is 15.9. The van der Waals surface area contributed by atoms with Crippen molar-refractivity contribution in [3.8, 4) is 5.75 Å². The van der Waals surface area contributed by atoms with Gasteiger partial charge in [-0.1, -0.05) is 18.2 Å². The fraction of sp³-hybridized carbons (Fsp3) is 0.333. The van der Waals surface area contributed by atoms with E-state index in [0.29, 0.717) is 0 Å². The first-order valence-electron chi connectivity index (χ1n) is 4.18. The van der Waals surface area contributed by atoms with Crippen LogP contribution in [0.2, 0.25) is 0 Å². The molecule has 1 aromatic rings. The highest BCUT2D eigenvalue weighted by atomic mass is 35.5. The molecule has 0 fully saturated rings. The van der Waals surface area contributed by atoms with Crippen LogP contribution >= 0.6 is 12.4 Å². The van der Waals surface area contributed by atoms with Gasteiger partial charge in [-0.2, -0.15) is 22.0 Å². The maximum Gasteiger partial charge on any atom is 0.407 e. The molecule has 98 valence electrons. The third-order valence-corrected chi connectivity index (χ3v) is 1.82. The minimum absolute atomic E-state index is 0. The summed E-state index contributed by atoms with van der Waals surface area (Å²) >= 11 is 0. The lowest BCUT2D eigenvalue weighted by Gasteiger charge is -2.18. The number of alkyl halides is 5. The van der Waals surface area contributed by atoms with Gasteiger partial charge in [-0.05, 0) is 6.07 Å². The van der Waals surface area contributed by atoms with Crippen molar-refractivity contribution in [1.82, 2.24) is 0 Å².